The van der Waals surface area contributed by atoms with Crippen LogP contribution in [0.1, 0.15) is 24.6 Å². The molecule has 1 saturated heterocycles. The molecule has 0 bridgehead atoms. The van der Waals surface area contributed by atoms with Crippen LogP contribution >= 0.6 is 11.6 Å². The molecule has 3 aromatic carbocycles. The minimum Gasteiger partial charge on any atom is -0.494 e. The summed E-state index contributed by atoms with van der Waals surface area (Å²) in [6, 6.07) is 25.5. The summed E-state index contributed by atoms with van der Waals surface area (Å²) in [5.74, 6) is 1.92. The molecule has 2 heterocycles. The molecule has 0 saturated carbocycles. The van der Waals surface area contributed by atoms with Gasteiger partial charge in [-0.15, -0.1) is 0 Å². The number of nitrogens with zero attached hydrogens (tertiary/aromatic N) is 3. The molecule has 4 aromatic rings. The highest BCUT2D eigenvalue weighted by Crippen LogP contribution is 2.36. The monoisotopic (exact) mass is 445 g/mol. The largest absolute Gasteiger partial charge is 0.494 e. The Hall–Kier alpha value is -3.31. The maximum absolute atomic E-state index is 12.9. The molecule has 1 atom stereocenters. The van der Waals surface area contributed by atoms with Crippen LogP contribution in [-0.2, 0) is 11.3 Å². The maximum Gasteiger partial charge on any atom is 0.227 e. The molecule has 0 N–H and O–H groups in total. The molecule has 0 aliphatic carbocycles. The zero-order chi connectivity index (χ0) is 21.9. The van der Waals surface area contributed by atoms with Gasteiger partial charge in [-0.1, -0.05) is 54.1 Å². The summed E-state index contributed by atoms with van der Waals surface area (Å²) in [6.07, 6.45) is 1.27. The van der Waals surface area contributed by atoms with Crippen molar-refractivity contribution >= 4 is 34.2 Å². The Bertz CT molecular complexity index is 1240. The lowest BCUT2D eigenvalue weighted by Gasteiger charge is -2.18. The van der Waals surface area contributed by atoms with Gasteiger partial charge in [0.1, 0.15) is 11.6 Å². The van der Waals surface area contributed by atoms with E-state index in [0.717, 1.165) is 41.3 Å². The smallest absolute Gasteiger partial charge is 0.227 e. The van der Waals surface area contributed by atoms with Crippen molar-refractivity contribution < 1.29 is 9.53 Å². The van der Waals surface area contributed by atoms with E-state index < -0.39 is 0 Å². The second kappa shape index (κ2) is 9.05. The van der Waals surface area contributed by atoms with Crippen LogP contribution in [0.2, 0.25) is 5.02 Å². The molecule has 1 aliphatic heterocycles. The van der Waals surface area contributed by atoms with E-state index in [-0.39, 0.29) is 11.8 Å². The number of fused-ring (bicyclic) bond motifs is 1. The number of aromatic nitrogens is 2. The average molecular weight is 446 g/mol. The third-order valence-electron chi connectivity index (χ3n) is 5.86. The van der Waals surface area contributed by atoms with Gasteiger partial charge in [-0.25, -0.2) is 4.98 Å². The van der Waals surface area contributed by atoms with Gasteiger partial charge in [0.15, 0.2) is 0 Å². The quantitative estimate of drug-likeness (QED) is 0.344. The summed E-state index contributed by atoms with van der Waals surface area (Å²) in [5.41, 5.74) is 2.81. The van der Waals surface area contributed by atoms with E-state index in [1.165, 1.54) is 0 Å². The first kappa shape index (κ1) is 20.6. The minimum atomic E-state index is 0.0150. The van der Waals surface area contributed by atoms with Crippen molar-refractivity contribution in [2.75, 3.05) is 18.1 Å². The third kappa shape index (κ3) is 4.08. The predicted octanol–water partition coefficient (Wildman–Crippen LogP) is 5.68. The summed E-state index contributed by atoms with van der Waals surface area (Å²) in [5, 5.41) is 0.591. The number of benzene rings is 3. The third-order valence-corrected chi connectivity index (χ3v) is 6.18. The number of halogens is 1. The maximum atomic E-state index is 12.9. The lowest BCUT2D eigenvalue weighted by molar-refractivity contribution is -0.117. The number of hydrogen-bond donors (Lipinski definition) is 0. The topological polar surface area (TPSA) is 47.4 Å². The van der Waals surface area contributed by atoms with Crippen LogP contribution in [0.25, 0.3) is 11.0 Å². The van der Waals surface area contributed by atoms with Gasteiger partial charge in [0, 0.05) is 25.4 Å². The van der Waals surface area contributed by atoms with Crippen LogP contribution in [0.15, 0.2) is 78.9 Å². The minimum absolute atomic E-state index is 0.0150. The Labute approximate surface area is 192 Å². The molecule has 162 valence electrons. The van der Waals surface area contributed by atoms with Crippen molar-refractivity contribution in [2.24, 2.45) is 0 Å². The zero-order valence-corrected chi connectivity index (χ0v) is 18.4. The highest BCUT2D eigenvalue weighted by atomic mass is 35.5. The molecule has 1 aromatic heterocycles. The number of carbonyl (C=O) groups excluding carboxylic acids is 1. The van der Waals surface area contributed by atoms with Crippen molar-refractivity contribution in [1.29, 1.82) is 0 Å². The van der Waals surface area contributed by atoms with Crippen molar-refractivity contribution in [3.8, 4) is 5.75 Å². The molecule has 0 unspecified atom stereocenters. The lowest BCUT2D eigenvalue weighted by atomic mass is 10.1. The number of anilines is 1. The number of imidazole rings is 1. The Morgan fingerprint density at radius 3 is 2.56 bits per heavy atom. The van der Waals surface area contributed by atoms with Crippen LogP contribution in [0.5, 0.6) is 5.75 Å². The summed E-state index contributed by atoms with van der Waals surface area (Å²) in [6.45, 7) is 1.97. The van der Waals surface area contributed by atoms with Gasteiger partial charge in [0.05, 0.1) is 28.4 Å². The van der Waals surface area contributed by atoms with E-state index in [9.17, 15) is 4.79 Å². The number of amides is 1. The van der Waals surface area contributed by atoms with E-state index in [2.05, 4.69) is 10.6 Å². The van der Waals surface area contributed by atoms with Crippen LogP contribution < -0.4 is 9.64 Å². The number of aryl methyl sites for hydroxylation is 1. The van der Waals surface area contributed by atoms with Gasteiger partial charge < -0.3 is 14.2 Å². The normalized spacial score (nSPS) is 16.1. The molecule has 1 fully saturated rings. The Morgan fingerprint density at radius 1 is 0.969 bits per heavy atom. The van der Waals surface area contributed by atoms with Gasteiger partial charge in [-0.05, 0) is 42.8 Å². The molecule has 6 heteroatoms. The Balaban J connectivity index is 1.37. The Kier molecular flexibility index (Phi) is 5.82. The highest BCUT2D eigenvalue weighted by molar-refractivity contribution is 6.33. The van der Waals surface area contributed by atoms with Gasteiger partial charge in [-0.2, -0.15) is 0 Å². The van der Waals surface area contributed by atoms with Crippen LogP contribution in [0.3, 0.4) is 0 Å². The fourth-order valence-corrected chi connectivity index (χ4v) is 4.59. The number of rotatable bonds is 7. The number of carbonyl (C=O) groups is 1. The summed E-state index contributed by atoms with van der Waals surface area (Å²) >= 11 is 6.37. The average Bonchev–Trinajstić information content (AvgIpc) is 3.38. The van der Waals surface area contributed by atoms with Gasteiger partial charge in [0.2, 0.25) is 5.91 Å². The predicted molar refractivity (Wildman–Crippen MR) is 127 cm³/mol. The number of ether oxygens (including phenoxy) is 1. The fourth-order valence-electron chi connectivity index (χ4n) is 4.35. The van der Waals surface area contributed by atoms with Crippen molar-refractivity contribution in [3.05, 3.63) is 89.7 Å². The second-order valence-electron chi connectivity index (χ2n) is 7.98. The molecule has 5 nitrogen and oxygen atoms in total. The second-order valence-corrected chi connectivity index (χ2v) is 8.39. The molecule has 0 spiro atoms. The molecule has 32 heavy (non-hydrogen) atoms. The van der Waals surface area contributed by atoms with Crippen molar-refractivity contribution in [1.82, 2.24) is 9.55 Å². The van der Waals surface area contributed by atoms with Crippen LogP contribution in [-0.4, -0.2) is 28.6 Å². The molecular formula is C26H24ClN3O2. The zero-order valence-electron chi connectivity index (χ0n) is 17.7. The lowest BCUT2D eigenvalue weighted by Crippen LogP contribution is -2.24. The van der Waals surface area contributed by atoms with E-state index in [4.69, 9.17) is 21.3 Å². The van der Waals surface area contributed by atoms with Crippen molar-refractivity contribution in [3.63, 3.8) is 0 Å². The first-order valence-corrected chi connectivity index (χ1v) is 11.3. The first-order chi connectivity index (χ1) is 15.7. The van der Waals surface area contributed by atoms with Crippen LogP contribution in [0, 0.1) is 0 Å². The van der Waals surface area contributed by atoms with E-state index in [1.807, 2.05) is 72.8 Å². The molecule has 1 aliphatic rings. The van der Waals surface area contributed by atoms with Gasteiger partial charge in [0.25, 0.3) is 0 Å². The summed E-state index contributed by atoms with van der Waals surface area (Å²) < 4.78 is 8.12. The summed E-state index contributed by atoms with van der Waals surface area (Å²) in [7, 11) is 0. The Morgan fingerprint density at radius 2 is 1.72 bits per heavy atom. The van der Waals surface area contributed by atoms with Crippen LogP contribution in [0.4, 0.5) is 5.69 Å². The van der Waals surface area contributed by atoms with Crippen molar-refractivity contribution in [2.45, 2.75) is 25.3 Å². The SMILES string of the molecule is O=C1C[C@@H](c2nc3ccccc3n2CCCOc2ccccc2)CN1c1ccccc1Cl. The molecular weight excluding hydrogens is 422 g/mol. The summed E-state index contributed by atoms with van der Waals surface area (Å²) in [4.78, 5) is 19.6. The molecule has 5 rings (SSSR count). The fraction of sp³-hybridized carbons (Fsp3) is 0.231. The number of para-hydroxylation sites is 4. The van der Waals surface area contributed by atoms with Gasteiger partial charge >= 0.3 is 0 Å². The van der Waals surface area contributed by atoms with E-state index in [1.54, 1.807) is 4.90 Å². The van der Waals surface area contributed by atoms with E-state index >= 15 is 0 Å². The standard InChI is InChI=1S/C26H24ClN3O2/c27-21-11-4-6-13-23(21)30-18-19(17-25(30)31)26-28-22-12-5-7-14-24(22)29(26)15-8-16-32-20-9-2-1-3-10-20/h1-7,9-14,19H,8,15-18H2/t19-/m1/s1. The first-order valence-electron chi connectivity index (χ1n) is 10.9. The molecule has 0 radical (unpaired) electrons. The molecule has 1 amide bonds. The van der Waals surface area contributed by atoms with Gasteiger partial charge in [-0.3, -0.25) is 4.79 Å². The highest BCUT2D eigenvalue weighted by Gasteiger charge is 2.35. The van der Waals surface area contributed by atoms with E-state index in [0.29, 0.717) is 24.6 Å². The number of hydrogen-bond acceptors (Lipinski definition) is 3.